The van der Waals surface area contributed by atoms with Crippen LogP contribution >= 0.6 is 10.6 Å². The molecule has 2 heterocycles. The Kier molecular flexibility index (Phi) is 4.94. The smallest absolute Gasteiger partial charge is 0.414 e. The normalized spacial score (nSPS) is 22.9. The van der Waals surface area contributed by atoms with Gasteiger partial charge in [-0.05, 0) is 18.2 Å². The minimum atomic E-state index is -2.74. The van der Waals surface area contributed by atoms with Crippen molar-refractivity contribution in [1.82, 2.24) is 5.32 Å². The summed E-state index contributed by atoms with van der Waals surface area (Å²) in [5.74, 6) is -0.466. The van der Waals surface area contributed by atoms with E-state index in [1.165, 1.54) is 28.6 Å². The number of carbonyl (C=O) groups excluding carboxylic acids is 1. The predicted octanol–water partition coefficient (Wildman–Crippen LogP) is 2.46. The molecule has 2 aliphatic heterocycles. The lowest BCUT2D eigenvalue weighted by Gasteiger charge is -2.36. The van der Waals surface area contributed by atoms with Gasteiger partial charge in [-0.2, -0.15) is 10.6 Å². The molecule has 11 heteroatoms. The fourth-order valence-corrected chi connectivity index (χ4v) is 3.63. The van der Waals surface area contributed by atoms with Gasteiger partial charge in [-0.15, -0.1) is 0 Å². The van der Waals surface area contributed by atoms with Crippen LogP contribution in [0.1, 0.15) is 0 Å². The molecule has 142 valence electrons. The maximum absolute atomic E-state index is 14.5. The Morgan fingerprint density at radius 1 is 1.42 bits per heavy atom. The first-order valence-electron chi connectivity index (χ1n) is 7.70. The van der Waals surface area contributed by atoms with E-state index in [1.807, 2.05) is 0 Å². The number of hydrogen-bond acceptors (Lipinski definition) is 6. The number of halogens is 1. The molecule has 3 rings (SSSR count). The average Bonchev–Trinajstić information content (AvgIpc) is 2.94. The van der Waals surface area contributed by atoms with Crippen molar-refractivity contribution in [2.75, 3.05) is 35.2 Å². The molecule has 1 aromatic carbocycles. The lowest BCUT2D eigenvalue weighted by Crippen LogP contribution is -2.33. The molecule has 0 unspecified atom stereocenters. The number of nitrogens with zero attached hydrogens (tertiary/aromatic N) is 2. The van der Waals surface area contributed by atoms with Crippen LogP contribution < -0.4 is 15.1 Å². The Morgan fingerprint density at radius 3 is 2.81 bits per heavy atom. The van der Waals surface area contributed by atoms with Gasteiger partial charge in [-0.1, -0.05) is 0 Å². The number of carboxylic acid groups (broad SMARTS) is 1. The van der Waals surface area contributed by atoms with E-state index in [2.05, 4.69) is 5.32 Å². The molecule has 0 saturated carbocycles. The fourth-order valence-electron chi connectivity index (χ4n) is 2.68. The van der Waals surface area contributed by atoms with Crippen molar-refractivity contribution in [3.63, 3.8) is 0 Å². The average molecular weight is 387 g/mol. The van der Waals surface area contributed by atoms with Crippen LogP contribution in [-0.2, 0) is 4.74 Å². The summed E-state index contributed by atoms with van der Waals surface area (Å²) in [4.78, 5) is 25.2. The van der Waals surface area contributed by atoms with E-state index < -0.39 is 34.7 Å². The molecular weight excluding hydrogens is 369 g/mol. The maximum Gasteiger partial charge on any atom is 0.414 e. The van der Waals surface area contributed by atoms with Crippen molar-refractivity contribution in [3.8, 4) is 0 Å². The van der Waals surface area contributed by atoms with Crippen LogP contribution in [-0.4, -0.2) is 57.9 Å². The number of hydrogen-bond donors (Lipinski definition) is 4. The molecule has 0 spiro atoms. The van der Waals surface area contributed by atoms with Gasteiger partial charge in [0.25, 0.3) is 0 Å². The van der Waals surface area contributed by atoms with E-state index in [-0.39, 0.29) is 31.1 Å². The molecule has 2 amide bonds. The molecule has 0 bridgehead atoms. The maximum atomic E-state index is 14.5. The van der Waals surface area contributed by atoms with Crippen LogP contribution in [0.4, 0.5) is 25.4 Å². The number of rotatable bonds is 4. The highest BCUT2D eigenvalue weighted by Gasteiger charge is 2.33. The minimum Gasteiger partial charge on any atom is -0.465 e. The second-order valence-electron chi connectivity index (χ2n) is 5.84. The summed E-state index contributed by atoms with van der Waals surface area (Å²) in [6.07, 6.45) is -1.13. The highest BCUT2D eigenvalue weighted by atomic mass is 32.3. The zero-order valence-electron chi connectivity index (χ0n) is 13.5. The van der Waals surface area contributed by atoms with E-state index in [4.69, 9.17) is 9.84 Å². The summed E-state index contributed by atoms with van der Waals surface area (Å²) in [5.41, 5.74) is 0.538. The van der Waals surface area contributed by atoms with Crippen molar-refractivity contribution in [3.05, 3.63) is 35.6 Å². The van der Waals surface area contributed by atoms with E-state index >= 15 is 0 Å². The van der Waals surface area contributed by atoms with Crippen LogP contribution in [0.5, 0.6) is 0 Å². The Bertz CT molecular complexity index is 759. The lowest BCUT2D eigenvalue weighted by molar-refractivity contribution is 0.136. The zero-order valence-corrected chi connectivity index (χ0v) is 14.4. The van der Waals surface area contributed by atoms with Gasteiger partial charge in [0, 0.05) is 18.2 Å². The van der Waals surface area contributed by atoms with Gasteiger partial charge in [-0.3, -0.25) is 14.0 Å². The van der Waals surface area contributed by atoms with Gasteiger partial charge in [0.05, 0.1) is 30.2 Å². The van der Waals surface area contributed by atoms with Crippen molar-refractivity contribution < 1.29 is 32.9 Å². The summed E-state index contributed by atoms with van der Waals surface area (Å²) < 4.78 is 38.7. The third-order valence-corrected chi connectivity index (χ3v) is 5.34. The van der Waals surface area contributed by atoms with Crippen LogP contribution in [0.15, 0.2) is 29.8 Å². The highest BCUT2D eigenvalue weighted by Crippen LogP contribution is 2.43. The first-order valence-corrected chi connectivity index (χ1v) is 9.48. The third kappa shape index (κ3) is 4.00. The molecule has 1 aromatic rings. The largest absolute Gasteiger partial charge is 0.465 e. The van der Waals surface area contributed by atoms with Gasteiger partial charge >= 0.3 is 12.2 Å². The predicted molar refractivity (Wildman–Crippen MR) is 94.2 cm³/mol. The van der Waals surface area contributed by atoms with Crippen molar-refractivity contribution in [2.24, 2.45) is 0 Å². The first kappa shape index (κ1) is 18.3. The van der Waals surface area contributed by atoms with Crippen LogP contribution in [0, 0.1) is 5.82 Å². The van der Waals surface area contributed by atoms with E-state index in [9.17, 15) is 23.1 Å². The first-order chi connectivity index (χ1) is 12.2. The molecule has 1 saturated heterocycles. The molecule has 26 heavy (non-hydrogen) atoms. The molecule has 1 atom stereocenters. The number of carbonyl (C=O) groups is 2. The van der Waals surface area contributed by atoms with Crippen LogP contribution in [0.25, 0.3) is 0 Å². The Morgan fingerprint density at radius 2 is 2.19 bits per heavy atom. The summed E-state index contributed by atoms with van der Waals surface area (Å²) in [5, 5.41) is 12.0. The standard InChI is InChI=1S/C15H18FN3O6S/c16-12-7-10(19-9-11(25-15(19)22)8-17-14(20)21)1-2-13(12)18-3-5-26(23,24)6-4-18/h1-3,5,7,11,17,23-24H,4,6,8-9H2,(H,20,21)/t11-/m0/s1. The van der Waals surface area contributed by atoms with E-state index in [0.29, 0.717) is 5.69 Å². The minimum absolute atomic E-state index is 0.0525. The van der Waals surface area contributed by atoms with Crippen molar-refractivity contribution in [2.45, 2.75) is 6.10 Å². The van der Waals surface area contributed by atoms with Gasteiger partial charge in [0.1, 0.15) is 11.9 Å². The molecule has 2 aliphatic rings. The zero-order chi connectivity index (χ0) is 18.9. The van der Waals surface area contributed by atoms with Crippen LogP contribution in [0.2, 0.25) is 0 Å². The second-order valence-corrected chi connectivity index (χ2v) is 7.95. The Hall–Kier alpha value is -2.50. The molecule has 1 fully saturated rings. The molecule has 0 aromatic heterocycles. The van der Waals surface area contributed by atoms with Gasteiger partial charge in [-0.25, -0.2) is 14.0 Å². The van der Waals surface area contributed by atoms with Crippen LogP contribution in [0.3, 0.4) is 0 Å². The van der Waals surface area contributed by atoms with Crippen molar-refractivity contribution in [1.29, 1.82) is 0 Å². The quantitative estimate of drug-likeness (QED) is 0.626. The molecule has 4 N–H and O–H groups in total. The number of anilines is 2. The van der Waals surface area contributed by atoms with Crippen molar-refractivity contribution >= 4 is 34.2 Å². The fraction of sp³-hybridized carbons (Fsp3) is 0.333. The monoisotopic (exact) mass is 387 g/mol. The van der Waals surface area contributed by atoms with Gasteiger partial charge in [0.2, 0.25) is 0 Å². The highest BCUT2D eigenvalue weighted by molar-refractivity contribution is 8.26. The number of ether oxygens (including phenoxy) is 1. The SMILES string of the molecule is O=C(O)NC[C@H]1CN(c2ccc(N3C=CS(O)(O)CC3)c(F)c2)C(=O)O1. The number of benzene rings is 1. The Labute approximate surface area is 150 Å². The molecular formula is C15H18FN3O6S. The number of amides is 2. The topological polar surface area (TPSA) is 123 Å². The molecule has 9 nitrogen and oxygen atoms in total. The Balaban J connectivity index is 1.72. The van der Waals surface area contributed by atoms with Gasteiger partial charge < -0.3 is 20.1 Å². The molecule has 0 radical (unpaired) electrons. The summed E-state index contributed by atoms with van der Waals surface area (Å²) in [6, 6.07) is 4.22. The number of cyclic esters (lactones) is 1. The summed E-state index contributed by atoms with van der Waals surface area (Å²) >= 11 is 0. The number of nitrogens with one attached hydrogen (secondary N) is 1. The lowest BCUT2D eigenvalue weighted by atomic mass is 10.2. The summed E-state index contributed by atoms with van der Waals surface area (Å²) in [6.45, 7) is 0.301. The van der Waals surface area contributed by atoms with Gasteiger partial charge in [0.15, 0.2) is 0 Å². The van der Waals surface area contributed by atoms with E-state index in [1.54, 1.807) is 11.0 Å². The molecule has 0 aliphatic carbocycles. The second kappa shape index (κ2) is 7.02. The van der Waals surface area contributed by atoms with E-state index in [0.717, 1.165) is 0 Å². The summed E-state index contributed by atoms with van der Waals surface area (Å²) in [7, 11) is -2.74. The third-order valence-electron chi connectivity index (χ3n) is 4.00.